The van der Waals surface area contributed by atoms with Gasteiger partial charge in [-0.1, -0.05) is 0 Å². The highest BCUT2D eigenvalue weighted by atomic mass is 16.5. The summed E-state index contributed by atoms with van der Waals surface area (Å²) < 4.78 is 13.1. The molecule has 2 aromatic heterocycles. The Hall–Kier alpha value is -4.28. The Kier molecular flexibility index (Phi) is 6.60. The molecule has 190 valence electrons. The molecule has 1 saturated carbocycles. The van der Waals surface area contributed by atoms with Gasteiger partial charge in [0.2, 0.25) is 23.4 Å². The number of hydrogen-bond acceptors (Lipinski definition) is 8. The summed E-state index contributed by atoms with van der Waals surface area (Å²) >= 11 is 0. The number of oxazole rings is 1. The molecule has 1 N–H and O–H groups in total. The molecule has 0 spiro atoms. The molecule has 3 heterocycles. The van der Waals surface area contributed by atoms with E-state index in [1.807, 2.05) is 47.6 Å². The Bertz CT molecular complexity index is 1400. The molecule has 2 aliphatic rings. The fourth-order valence-corrected chi connectivity index (χ4v) is 4.72. The Morgan fingerprint density at radius 2 is 1.84 bits per heavy atom. The second kappa shape index (κ2) is 10.00. The standard InChI is InChI=1S/C27H29N7O3/c1-17-18(2)34(20-6-8-21(36-3)9-7-20)25(22(17)14-28)31-24(35)16-32-10-12-33(13-11-32)27-23(15-29)30-26(37-27)19-4-5-19/h6-9,19H,4-5,10-13,16H2,1-3H3,(H,31,35). The van der Waals surface area contributed by atoms with E-state index in [1.165, 1.54) is 0 Å². The third kappa shape index (κ3) is 4.76. The number of nitriles is 2. The van der Waals surface area contributed by atoms with Gasteiger partial charge >= 0.3 is 0 Å². The summed E-state index contributed by atoms with van der Waals surface area (Å²) in [5.41, 5.74) is 3.33. The molecule has 0 radical (unpaired) electrons. The summed E-state index contributed by atoms with van der Waals surface area (Å²) in [4.78, 5) is 21.6. The van der Waals surface area contributed by atoms with Gasteiger partial charge in [0.25, 0.3) is 0 Å². The SMILES string of the molecule is COc1ccc(-n2c(C)c(C)c(C#N)c2NC(=O)CN2CCN(c3oc(C4CC4)nc3C#N)CC2)cc1. The van der Waals surface area contributed by atoms with Crippen molar-refractivity contribution in [1.29, 1.82) is 10.5 Å². The summed E-state index contributed by atoms with van der Waals surface area (Å²) in [6.45, 7) is 6.55. The quantitative estimate of drug-likeness (QED) is 0.524. The lowest BCUT2D eigenvalue weighted by atomic mass is 10.2. The zero-order valence-electron chi connectivity index (χ0n) is 21.2. The third-order valence-corrected chi connectivity index (χ3v) is 7.10. The van der Waals surface area contributed by atoms with Crippen LogP contribution in [0, 0.1) is 36.5 Å². The van der Waals surface area contributed by atoms with Gasteiger partial charge in [-0.25, -0.2) is 4.98 Å². The highest BCUT2D eigenvalue weighted by Crippen LogP contribution is 2.41. The van der Waals surface area contributed by atoms with Gasteiger partial charge < -0.3 is 19.4 Å². The third-order valence-electron chi connectivity index (χ3n) is 7.10. The highest BCUT2D eigenvalue weighted by molar-refractivity contribution is 5.93. The molecule has 2 fully saturated rings. The van der Waals surface area contributed by atoms with Crippen LogP contribution in [0.5, 0.6) is 5.75 Å². The van der Waals surface area contributed by atoms with Crippen LogP contribution >= 0.6 is 0 Å². The number of anilines is 2. The lowest BCUT2D eigenvalue weighted by Crippen LogP contribution is -2.48. The molecule has 1 aliphatic carbocycles. The van der Waals surface area contributed by atoms with Gasteiger partial charge in [0.1, 0.15) is 23.7 Å². The van der Waals surface area contributed by atoms with Gasteiger partial charge in [-0.3, -0.25) is 14.3 Å². The summed E-state index contributed by atoms with van der Waals surface area (Å²) in [5, 5.41) is 22.3. The smallest absolute Gasteiger partial charge is 0.239 e. The molecule has 1 saturated heterocycles. The number of ether oxygens (including phenoxy) is 1. The second-order valence-electron chi connectivity index (χ2n) is 9.48. The number of nitrogens with zero attached hydrogens (tertiary/aromatic N) is 6. The Balaban J connectivity index is 1.27. The van der Waals surface area contributed by atoms with E-state index in [2.05, 4.69) is 27.3 Å². The number of hydrogen-bond donors (Lipinski definition) is 1. The number of piperazine rings is 1. The minimum absolute atomic E-state index is 0.189. The Morgan fingerprint density at radius 1 is 1.14 bits per heavy atom. The fraction of sp³-hybridized carbons (Fsp3) is 0.407. The van der Waals surface area contributed by atoms with Crippen molar-refractivity contribution in [1.82, 2.24) is 14.5 Å². The van der Waals surface area contributed by atoms with Gasteiger partial charge in [0, 0.05) is 43.5 Å². The van der Waals surface area contributed by atoms with Crippen LogP contribution < -0.4 is 15.0 Å². The Morgan fingerprint density at radius 3 is 2.43 bits per heavy atom. The van der Waals surface area contributed by atoms with Crippen molar-refractivity contribution >= 4 is 17.6 Å². The molecular formula is C27H29N7O3. The van der Waals surface area contributed by atoms with Crippen molar-refractivity contribution < 1.29 is 13.9 Å². The van der Waals surface area contributed by atoms with E-state index >= 15 is 0 Å². The minimum atomic E-state index is -0.189. The van der Waals surface area contributed by atoms with Crippen LogP contribution in [0.1, 0.15) is 47.2 Å². The minimum Gasteiger partial charge on any atom is -0.497 e. The van der Waals surface area contributed by atoms with Crippen molar-refractivity contribution in [3.63, 3.8) is 0 Å². The van der Waals surface area contributed by atoms with E-state index in [0.717, 1.165) is 35.5 Å². The first-order chi connectivity index (χ1) is 17.9. The predicted molar refractivity (Wildman–Crippen MR) is 137 cm³/mol. The predicted octanol–water partition coefficient (Wildman–Crippen LogP) is 3.47. The largest absolute Gasteiger partial charge is 0.497 e. The summed E-state index contributed by atoms with van der Waals surface area (Å²) in [5.74, 6) is 2.55. The van der Waals surface area contributed by atoms with E-state index in [4.69, 9.17) is 9.15 Å². The molecule has 5 rings (SSSR count). The van der Waals surface area contributed by atoms with Gasteiger partial charge in [-0.2, -0.15) is 10.5 Å². The fourth-order valence-electron chi connectivity index (χ4n) is 4.72. The zero-order chi connectivity index (χ0) is 26.1. The van der Waals surface area contributed by atoms with Crippen molar-refractivity contribution in [3.8, 4) is 23.6 Å². The van der Waals surface area contributed by atoms with Gasteiger partial charge in [-0.05, 0) is 56.5 Å². The van der Waals surface area contributed by atoms with E-state index in [-0.39, 0.29) is 12.5 Å². The summed E-state index contributed by atoms with van der Waals surface area (Å²) in [6, 6.07) is 11.9. The molecule has 0 unspecified atom stereocenters. The van der Waals surface area contributed by atoms with E-state index in [9.17, 15) is 15.3 Å². The van der Waals surface area contributed by atoms with Crippen LogP contribution in [0.4, 0.5) is 11.7 Å². The normalized spacial score (nSPS) is 15.8. The molecule has 0 atom stereocenters. The van der Waals surface area contributed by atoms with Crippen molar-refractivity contribution in [3.05, 3.63) is 52.7 Å². The molecule has 37 heavy (non-hydrogen) atoms. The van der Waals surface area contributed by atoms with Crippen LogP contribution in [0.25, 0.3) is 5.69 Å². The van der Waals surface area contributed by atoms with Crippen molar-refractivity contribution in [2.45, 2.75) is 32.6 Å². The highest BCUT2D eigenvalue weighted by Gasteiger charge is 2.32. The second-order valence-corrected chi connectivity index (χ2v) is 9.48. The van der Waals surface area contributed by atoms with E-state index in [1.54, 1.807) is 7.11 Å². The van der Waals surface area contributed by atoms with E-state index in [0.29, 0.717) is 60.9 Å². The number of amides is 1. The first kappa shape index (κ1) is 24.4. The van der Waals surface area contributed by atoms with Crippen LogP contribution in [0.15, 0.2) is 28.7 Å². The van der Waals surface area contributed by atoms with Crippen molar-refractivity contribution in [2.75, 3.05) is 50.1 Å². The molecule has 10 heteroatoms. The number of aromatic nitrogens is 2. The lowest BCUT2D eigenvalue weighted by Gasteiger charge is -2.34. The Labute approximate surface area is 215 Å². The maximum atomic E-state index is 13.1. The molecule has 3 aromatic rings. The average molecular weight is 500 g/mol. The molecule has 0 bridgehead atoms. The number of carbonyl (C=O) groups excluding carboxylic acids is 1. The average Bonchev–Trinajstić information content (AvgIpc) is 3.63. The first-order valence-electron chi connectivity index (χ1n) is 12.4. The van der Waals surface area contributed by atoms with Crippen LogP contribution in [-0.4, -0.2) is 60.2 Å². The first-order valence-corrected chi connectivity index (χ1v) is 12.4. The zero-order valence-corrected chi connectivity index (χ0v) is 21.2. The summed E-state index contributed by atoms with van der Waals surface area (Å²) in [7, 11) is 1.61. The van der Waals surface area contributed by atoms with E-state index < -0.39 is 0 Å². The number of benzene rings is 1. The number of rotatable bonds is 7. The van der Waals surface area contributed by atoms with Crippen LogP contribution in [0.3, 0.4) is 0 Å². The lowest BCUT2D eigenvalue weighted by molar-refractivity contribution is -0.117. The number of nitrogens with one attached hydrogen (secondary N) is 1. The topological polar surface area (TPSA) is 123 Å². The summed E-state index contributed by atoms with van der Waals surface area (Å²) in [6.07, 6.45) is 2.12. The van der Waals surface area contributed by atoms with Gasteiger partial charge in [-0.15, -0.1) is 0 Å². The van der Waals surface area contributed by atoms with Crippen molar-refractivity contribution in [2.24, 2.45) is 0 Å². The molecule has 1 amide bonds. The molecule has 10 nitrogen and oxygen atoms in total. The van der Waals surface area contributed by atoms with Crippen LogP contribution in [0.2, 0.25) is 0 Å². The molecule has 1 aliphatic heterocycles. The maximum Gasteiger partial charge on any atom is 0.239 e. The van der Waals surface area contributed by atoms with Crippen LogP contribution in [-0.2, 0) is 4.79 Å². The number of methoxy groups -OCH3 is 1. The monoisotopic (exact) mass is 499 g/mol. The molecular weight excluding hydrogens is 470 g/mol. The molecule has 1 aromatic carbocycles. The van der Waals surface area contributed by atoms with Gasteiger partial charge in [0.05, 0.1) is 19.2 Å². The van der Waals surface area contributed by atoms with Gasteiger partial charge in [0.15, 0.2) is 0 Å². The maximum absolute atomic E-state index is 13.1. The number of carbonyl (C=O) groups is 1.